The Morgan fingerprint density at radius 1 is 1.54 bits per heavy atom. The first-order valence-electron chi connectivity index (χ1n) is 4.63. The molecule has 3 nitrogen and oxygen atoms in total. The fraction of sp³-hybridized carbons (Fsp3) is 0.600. The molecule has 0 fully saturated rings. The predicted molar refractivity (Wildman–Crippen MR) is 51.7 cm³/mol. The van der Waals surface area contributed by atoms with Gasteiger partial charge >= 0.3 is 0 Å². The van der Waals surface area contributed by atoms with Gasteiger partial charge < -0.3 is 14.5 Å². The second-order valence-corrected chi connectivity index (χ2v) is 2.89. The van der Waals surface area contributed by atoms with E-state index in [1.807, 2.05) is 6.07 Å². The van der Waals surface area contributed by atoms with Gasteiger partial charge in [-0.25, -0.2) is 0 Å². The fourth-order valence-corrected chi connectivity index (χ4v) is 1.23. The summed E-state index contributed by atoms with van der Waals surface area (Å²) < 4.78 is 10.2. The molecule has 1 rings (SSSR count). The summed E-state index contributed by atoms with van der Waals surface area (Å²) in [6.45, 7) is 4.59. The van der Waals surface area contributed by atoms with Crippen LogP contribution in [0.15, 0.2) is 16.7 Å². The monoisotopic (exact) mass is 183 g/mol. The van der Waals surface area contributed by atoms with E-state index in [-0.39, 0.29) is 0 Å². The molecule has 0 aliphatic carbocycles. The van der Waals surface area contributed by atoms with Crippen LogP contribution in [-0.2, 0) is 17.7 Å². The summed E-state index contributed by atoms with van der Waals surface area (Å²) in [6, 6.07) is 2.01. The van der Waals surface area contributed by atoms with Crippen LogP contribution in [0.5, 0.6) is 0 Å². The zero-order chi connectivity index (χ0) is 9.52. The Morgan fingerprint density at radius 3 is 3.08 bits per heavy atom. The number of hydrogen-bond acceptors (Lipinski definition) is 3. The molecular weight excluding hydrogens is 166 g/mol. The molecule has 3 heteroatoms. The van der Waals surface area contributed by atoms with Crippen LogP contribution < -0.4 is 5.32 Å². The Balaban J connectivity index is 2.27. The number of methoxy groups -OCH3 is 1. The van der Waals surface area contributed by atoms with Crippen molar-refractivity contribution in [1.82, 2.24) is 5.32 Å². The van der Waals surface area contributed by atoms with Gasteiger partial charge in [-0.3, -0.25) is 0 Å². The minimum atomic E-state index is 0.749. The molecule has 74 valence electrons. The number of hydrogen-bond donors (Lipinski definition) is 1. The summed E-state index contributed by atoms with van der Waals surface area (Å²) in [6.07, 6.45) is 2.69. The molecule has 1 N–H and O–H groups in total. The van der Waals surface area contributed by atoms with E-state index in [0.717, 1.165) is 31.9 Å². The lowest BCUT2D eigenvalue weighted by Gasteiger charge is -2.03. The van der Waals surface area contributed by atoms with E-state index >= 15 is 0 Å². The van der Waals surface area contributed by atoms with Crippen molar-refractivity contribution in [2.24, 2.45) is 0 Å². The molecule has 0 aliphatic rings. The van der Waals surface area contributed by atoms with Gasteiger partial charge in [-0.05, 0) is 6.07 Å². The number of furan rings is 1. The van der Waals surface area contributed by atoms with Crippen molar-refractivity contribution in [3.05, 3.63) is 23.7 Å². The Hall–Kier alpha value is -0.800. The number of aryl methyl sites for hydroxylation is 1. The second kappa shape index (κ2) is 5.78. The van der Waals surface area contributed by atoms with Crippen molar-refractivity contribution in [3.63, 3.8) is 0 Å². The molecule has 1 aromatic heterocycles. The van der Waals surface area contributed by atoms with Gasteiger partial charge in [0.25, 0.3) is 0 Å². The SMILES string of the molecule is CCc1occc1CNCCOC. The standard InChI is InChI=1S/C10H17NO2/c1-3-10-9(4-6-13-10)8-11-5-7-12-2/h4,6,11H,3,5,7-8H2,1-2H3. The molecule has 0 spiro atoms. The zero-order valence-electron chi connectivity index (χ0n) is 8.30. The molecule has 0 bridgehead atoms. The summed E-state index contributed by atoms with van der Waals surface area (Å²) >= 11 is 0. The van der Waals surface area contributed by atoms with Crippen LogP contribution in [0.4, 0.5) is 0 Å². The van der Waals surface area contributed by atoms with Gasteiger partial charge in [-0.15, -0.1) is 0 Å². The van der Waals surface area contributed by atoms with Crippen molar-refractivity contribution < 1.29 is 9.15 Å². The van der Waals surface area contributed by atoms with E-state index in [9.17, 15) is 0 Å². The fourth-order valence-electron chi connectivity index (χ4n) is 1.23. The maximum Gasteiger partial charge on any atom is 0.107 e. The maximum atomic E-state index is 5.30. The lowest BCUT2D eigenvalue weighted by Crippen LogP contribution is -2.18. The zero-order valence-corrected chi connectivity index (χ0v) is 8.30. The van der Waals surface area contributed by atoms with E-state index in [1.54, 1.807) is 13.4 Å². The molecule has 0 atom stereocenters. The first-order chi connectivity index (χ1) is 6.38. The van der Waals surface area contributed by atoms with Gasteiger partial charge in [-0.1, -0.05) is 6.92 Å². The largest absolute Gasteiger partial charge is 0.469 e. The Kier molecular flexibility index (Phi) is 4.57. The van der Waals surface area contributed by atoms with Crippen molar-refractivity contribution in [1.29, 1.82) is 0 Å². The molecule has 13 heavy (non-hydrogen) atoms. The third-order valence-electron chi connectivity index (χ3n) is 1.96. The number of nitrogens with one attached hydrogen (secondary N) is 1. The van der Waals surface area contributed by atoms with Crippen molar-refractivity contribution in [3.8, 4) is 0 Å². The van der Waals surface area contributed by atoms with Crippen LogP contribution in [0.1, 0.15) is 18.2 Å². The highest BCUT2D eigenvalue weighted by Crippen LogP contribution is 2.10. The average Bonchev–Trinajstić information content (AvgIpc) is 2.60. The first-order valence-corrected chi connectivity index (χ1v) is 4.63. The third-order valence-corrected chi connectivity index (χ3v) is 1.96. The predicted octanol–water partition coefficient (Wildman–Crippen LogP) is 1.58. The smallest absolute Gasteiger partial charge is 0.107 e. The van der Waals surface area contributed by atoms with Crippen LogP contribution in [0.25, 0.3) is 0 Å². The summed E-state index contributed by atoms with van der Waals surface area (Å²) in [4.78, 5) is 0. The molecule has 0 aliphatic heterocycles. The van der Waals surface area contributed by atoms with Crippen molar-refractivity contribution in [2.45, 2.75) is 19.9 Å². The molecular formula is C10H17NO2. The lowest BCUT2D eigenvalue weighted by atomic mass is 10.2. The van der Waals surface area contributed by atoms with E-state index in [4.69, 9.17) is 9.15 Å². The minimum absolute atomic E-state index is 0.749. The molecule has 1 heterocycles. The highest BCUT2D eigenvalue weighted by Gasteiger charge is 2.02. The molecule has 0 radical (unpaired) electrons. The first kappa shape index (κ1) is 10.3. The summed E-state index contributed by atoms with van der Waals surface area (Å²) in [5.74, 6) is 1.07. The maximum absolute atomic E-state index is 5.30. The number of ether oxygens (including phenoxy) is 1. The minimum Gasteiger partial charge on any atom is -0.469 e. The molecule has 0 aromatic carbocycles. The van der Waals surface area contributed by atoms with Gasteiger partial charge in [-0.2, -0.15) is 0 Å². The van der Waals surface area contributed by atoms with Crippen LogP contribution in [-0.4, -0.2) is 20.3 Å². The Morgan fingerprint density at radius 2 is 2.38 bits per heavy atom. The Bertz CT molecular complexity index is 233. The van der Waals surface area contributed by atoms with E-state index < -0.39 is 0 Å². The van der Waals surface area contributed by atoms with Crippen molar-refractivity contribution in [2.75, 3.05) is 20.3 Å². The highest BCUT2D eigenvalue weighted by molar-refractivity contribution is 5.16. The van der Waals surface area contributed by atoms with E-state index in [1.165, 1.54) is 5.56 Å². The molecule has 1 aromatic rings. The average molecular weight is 183 g/mol. The molecule has 0 amide bonds. The van der Waals surface area contributed by atoms with Gasteiger partial charge in [0, 0.05) is 32.2 Å². The molecule has 0 saturated carbocycles. The van der Waals surface area contributed by atoms with Crippen LogP contribution >= 0.6 is 0 Å². The lowest BCUT2D eigenvalue weighted by molar-refractivity contribution is 0.199. The summed E-state index contributed by atoms with van der Waals surface area (Å²) in [5, 5.41) is 3.28. The third kappa shape index (κ3) is 3.20. The highest BCUT2D eigenvalue weighted by atomic mass is 16.5. The topological polar surface area (TPSA) is 34.4 Å². The second-order valence-electron chi connectivity index (χ2n) is 2.89. The van der Waals surface area contributed by atoms with Gasteiger partial charge in [0.15, 0.2) is 0 Å². The van der Waals surface area contributed by atoms with Crippen LogP contribution in [0.3, 0.4) is 0 Å². The Labute approximate surface area is 79.1 Å². The van der Waals surface area contributed by atoms with E-state index in [2.05, 4.69) is 12.2 Å². The van der Waals surface area contributed by atoms with Gasteiger partial charge in [0.05, 0.1) is 12.9 Å². The van der Waals surface area contributed by atoms with Crippen molar-refractivity contribution >= 4 is 0 Å². The van der Waals surface area contributed by atoms with Gasteiger partial charge in [0.1, 0.15) is 5.76 Å². The van der Waals surface area contributed by atoms with Crippen LogP contribution in [0, 0.1) is 0 Å². The normalized spacial score (nSPS) is 10.6. The summed E-state index contributed by atoms with van der Waals surface area (Å²) in [5.41, 5.74) is 1.25. The quantitative estimate of drug-likeness (QED) is 0.680. The number of rotatable bonds is 6. The van der Waals surface area contributed by atoms with Crippen LogP contribution in [0.2, 0.25) is 0 Å². The van der Waals surface area contributed by atoms with Gasteiger partial charge in [0.2, 0.25) is 0 Å². The molecule has 0 unspecified atom stereocenters. The molecule has 0 saturated heterocycles. The van der Waals surface area contributed by atoms with E-state index in [0.29, 0.717) is 0 Å². The summed E-state index contributed by atoms with van der Waals surface area (Å²) in [7, 11) is 1.71.